The van der Waals surface area contributed by atoms with Crippen LogP contribution in [0.15, 0.2) is 48.8 Å². The number of methoxy groups -OCH3 is 1. The Hall–Kier alpha value is -3.35. The number of rotatable bonds is 4. The van der Waals surface area contributed by atoms with Crippen LogP contribution in [0.3, 0.4) is 0 Å². The predicted octanol–water partition coefficient (Wildman–Crippen LogP) is 2.61. The van der Waals surface area contributed by atoms with Gasteiger partial charge < -0.3 is 19.9 Å². The number of nitrogens with one attached hydrogen (secondary N) is 2. The number of fused-ring (bicyclic) bond motifs is 1. The highest BCUT2D eigenvalue weighted by Crippen LogP contribution is 2.22. The number of para-hydroxylation sites is 1. The topological polar surface area (TPSA) is 87.3 Å². The van der Waals surface area contributed by atoms with E-state index < -0.39 is 0 Å². The van der Waals surface area contributed by atoms with Gasteiger partial charge in [0.1, 0.15) is 5.75 Å². The maximum atomic E-state index is 12.8. The summed E-state index contributed by atoms with van der Waals surface area (Å²) < 4.78 is 5.29. The van der Waals surface area contributed by atoms with E-state index in [1.807, 2.05) is 23.1 Å². The Morgan fingerprint density at radius 2 is 1.96 bits per heavy atom. The van der Waals surface area contributed by atoms with Gasteiger partial charge in [0.15, 0.2) is 0 Å². The second-order valence-corrected chi connectivity index (χ2v) is 6.87. The standard InChI is InChI=1S/C21H22N4O3/c1-28-19-5-3-2-4-16(19)21(27)25-10-8-15(9-11-25)24-20(26)14-6-7-17-18(12-14)23-13-22-17/h2-7,12-13,15H,8-11H2,1H3,(H,22,23)(H,24,26). The Labute approximate surface area is 162 Å². The number of benzene rings is 2. The van der Waals surface area contributed by atoms with Crippen molar-refractivity contribution in [1.29, 1.82) is 0 Å². The summed E-state index contributed by atoms with van der Waals surface area (Å²) >= 11 is 0. The van der Waals surface area contributed by atoms with E-state index in [9.17, 15) is 9.59 Å². The molecule has 0 radical (unpaired) electrons. The summed E-state index contributed by atoms with van der Waals surface area (Å²) in [7, 11) is 1.56. The minimum Gasteiger partial charge on any atom is -0.496 e. The van der Waals surface area contributed by atoms with Gasteiger partial charge in [0, 0.05) is 24.7 Å². The zero-order valence-electron chi connectivity index (χ0n) is 15.6. The lowest BCUT2D eigenvalue weighted by Crippen LogP contribution is -2.46. The van der Waals surface area contributed by atoms with Crippen molar-refractivity contribution in [3.05, 3.63) is 59.9 Å². The molecule has 7 heteroatoms. The Bertz CT molecular complexity index is 1010. The Morgan fingerprint density at radius 1 is 1.18 bits per heavy atom. The summed E-state index contributed by atoms with van der Waals surface area (Å²) in [5.74, 6) is 0.440. The first-order chi connectivity index (χ1) is 13.7. The lowest BCUT2D eigenvalue weighted by molar-refractivity contribution is 0.0695. The van der Waals surface area contributed by atoms with Gasteiger partial charge in [-0.05, 0) is 43.2 Å². The van der Waals surface area contributed by atoms with Gasteiger partial charge in [-0.1, -0.05) is 12.1 Å². The fraction of sp³-hybridized carbons (Fsp3) is 0.286. The molecule has 2 aromatic carbocycles. The van der Waals surface area contributed by atoms with Crippen molar-refractivity contribution in [3.8, 4) is 5.75 Å². The lowest BCUT2D eigenvalue weighted by atomic mass is 10.0. The highest BCUT2D eigenvalue weighted by molar-refractivity contribution is 5.98. The van der Waals surface area contributed by atoms with Gasteiger partial charge >= 0.3 is 0 Å². The maximum absolute atomic E-state index is 12.8. The summed E-state index contributed by atoms with van der Waals surface area (Å²) in [5.41, 5.74) is 2.84. The number of ether oxygens (including phenoxy) is 1. The van der Waals surface area contributed by atoms with Crippen LogP contribution in [-0.2, 0) is 0 Å². The number of aromatic nitrogens is 2. The molecule has 1 saturated heterocycles. The molecule has 1 aliphatic rings. The molecule has 2 heterocycles. The smallest absolute Gasteiger partial charge is 0.257 e. The van der Waals surface area contributed by atoms with Crippen molar-refractivity contribution in [2.45, 2.75) is 18.9 Å². The van der Waals surface area contributed by atoms with E-state index in [-0.39, 0.29) is 17.9 Å². The van der Waals surface area contributed by atoms with E-state index in [4.69, 9.17) is 4.74 Å². The maximum Gasteiger partial charge on any atom is 0.257 e. The average Bonchev–Trinajstić information content (AvgIpc) is 3.21. The zero-order chi connectivity index (χ0) is 19.5. The van der Waals surface area contributed by atoms with E-state index >= 15 is 0 Å². The molecule has 7 nitrogen and oxygen atoms in total. The van der Waals surface area contributed by atoms with Gasteiger partial charge in [-0.3, -0.25) is 9.59 Å². The molecule has 0 atom stereocenters. The molecule has 0 saturated carbocycles. The summed E-state index contributed by atoms with van der Waals surface area (Å²) in [6, 6.07) is 12.7. The number of carbonyl (C=O) groups excluding carboxylic acids is 2. The van der Waals surface area contributed by atoms with Crippen molar-refractivity contribution in [1.82, 2.24) is 20.2 Å². The van der Waals surface area contributed by atoms with Crippen LogP contribution >= 0.6 is 0 Å². The van der Waals surface area contributed by atoms with E-state index in [1.165, 1.54) is 0 Å². The van der Waals surface area contributed by atoms with Crippen LogP contribution in [0.4, 0.5) is 0 Å². The summed E-state index contributed by atoms with van der Waals surface area (Å²) in [5, 5.41) is 3.08. The molecule has 1 fully saturated rings. The molecule has 2 amide bonds. The van der Waals surface area contributed by atoms with Crippen LogP contribution in [0.1, 0.15) is 33.6 Å². The zero-order valence-corrected chi connectivity index (χ0v) is 15.6. The van der Waals surface area contributed by atoms with Crippen molar-refractivity contribution >= 4 is 22.8 Å². The number of likely N-dealkylation sites (tertiary alicyclic amines) is 1. The fourth-order valence-electron chi connectivity index (χ4n) is 3.56. The minimum atomic E-state index is -0.106. The molecular formula is C21H22N4O3. The molecule has 1 aromatic heterocycles. The fourth-order valence-corrected chi connectivity index (χ4v) is 3.56. The molecule has 3 aromatic rings. The second-order valence-electron chi connectivity index (χ2n) is 6.87. The molecule has 0 spiro atoms. The number of aromatic amines is 1. The monoisotopic (exact) mass is 378 g/mol. The molecule has 0 aliphatic carbocycles. The summed E-state index contributed by atoms with van der Waals surface area (Å²) in [4.78, 5) is 34.3. The number of nitrogens with zero attached hydrogens (tertiary/aromatic N) is 2. The van der Waals surface area contributed by atoms with Gasteiger partial charge in [-0.25, -0.2) is 4.98 Å². The number of hydrogen-bond acceptors (Lipinski definition) is 4. The van der Waals surface area contributed by atoms with Crippen molar-refractivity contribution < 1.29 is 14.3 Å². The normalized spacial score (nSPS) is 14.8. The van der Waals surface area contributed by atoms with Crippen molar-refractivity contribution in [2.24, 2.45) is 0 Å². The Balaban J connectivity index is 1.36. The molecule has 2 N–H and O–H groups in total. The number of imidazole rings is 1. The van der Waals surface area contributed by atoms with Crippen LogP contribution < -0.4 is 10.1 Å². The van der Waals surface area contributed by atoms with Gasteiger partial charge in [0.2, 0.25) is 0 Å². The molecule has 0 unspecified atom stereocenters. The third kappa shape index (κ3) is 3.55. The van der Waals surface area contributed by atoms with E-state index in [1.54, 1.807) is 37.7 Å². The molecule has 28 heavy (non-hydrogen) atoms. The Kier molecular flexibility index (Phi) is 4.97. The van der Waals surface area contributed by atoms with Crippen molar-refractivity contribution in [3.63, 3.8) is 0 Å². The SMILES string of the molecule is COc1ccccc1C(=O)N1CCC(NC(=O)c2ccc3nc[nH]c3c2)CC1. The third-order valence-corrected chi connectivity index (χ3v) is 5.14. The van der Waals surface area contributed by atoms with Crippen LogP contribution in [-0.4, -0.2) is 52.9 Å². The van der Waals surface area contributed by atoms with Crippen LogP contribution in [0.25, 0.3) is 11.0 Å². The molecule has 0 bridgehead atoms. The van der Waals surface area contributed by atoms with E-state index in [0.717, 1.165) is 23.9 Å². The molecule has 144 valence electrons. The first-order valence-corrected chi connectivity index (χ1v) is 9.32. The summed E-state index contributed by atoms with van der Waals surface area (Å²) in [6.07, 6.45) is 3.05. The summed E-state index contributed by atoms with van der Waals surface area (Å²) in [6.45, 7) is 1.20. The quantitative estimate of drug-likeness (QED) is 0.731. The molecule has 4 rings (SSSR count). The first-order valence-electron chi connectivity index (χ1n) is 9.32. The second kappa shape index (κ2) is 7.72. The van der Waals surface area contributed by atoms with Gasteiger partial charge in [-0.15, -0.1) is 0 Å². The first kappa shape index (κ1) is 18.0. The van der Waals surface area contributed by atoms with Crippen molar-refractivity contribution in [2.75, 3.05) is 20.2 Å². The Morgan fingerprint density at radius 3 is 2.75 bits per heavy atom. The highest BCUT2D eigenvalue weighted by Gasteiger charge is 2.26. The van der Waals surface area contributed by atoms with Crippen LogP contribution in [0.5, 0.6) is 5.75 Å². The molecule has 1 aliphatic heterocycles. The van der Waals surface area contributed by atoms with Gasteiger partial charge in [0.05, 0.1) is 30.0 Å². The van der Waals surface area contributed by atoms with E-state index in [0.29, 0.717) is 30.0 Å². The van der Waals surface area contributed by atoms with Crippen LogP contribution in [0, 0.1) is 0 Å². The van der Waals surface area contributed by atoms with Gasteiger partial charge in [0.25, 0.3) is 11.8 Å². The number of H-pyrrole nitrogens is 1. The average molecular weight is 378 g/mol. The highest BCUT2D eigenvalue weighted by atomic mass is 16.5. The van der Waals surface area contributed by atoms with E-state index in [2.05, 4.69) is 15.3 Å². The lowest BCUT2D eigenvalue weighted by Gasteiger charge is -2.32. The minimum absolute atomic E-state index is 0.0353. The number of hydrogen-bond donors (Lipinski definition) is 2. The van der Waals surface area contributed by atoms with Gasteiger partial charge in [-0.2, -0.15) is 0 Å². The number of amides is 2. The van der Waals surface area contributed by atoms with Crippen LogP contribution in [0.2, 0.25) is 0 Å². The predicted molar refractivity (Wildman–Crippen MR) is 105 cm³/mol. The number of piperidine rings is 1. The number of carbonyl (C=O) groups is 2. The third-order valence-electron chi connectivity index (χ3n) is 5.14. The largest absolute Gasteiger partial charge is 0.496 e. The molecular weight excluding hydrogens is 356 g/mol.